The van der Waals surface area contributed by atoms with E-state index >= 15 is 0 Å². The first-order valence-electron chi connectivity index (χ1n) is 10.5. The number of fused-ring (bicyclic) bond motifs is 1. The minimum Gasteiger partial charge on any atom is -0.378 e. The predicted octanol–water partition coefficient (Wildman–Crippen LogP) is 2.84. The van der Waals surface area contributed by atoms with Crippen molar-refractivity contribution in [3.63, 3.8) is 0 Å². The highest BCUT2D eigenvalue weighted by molar-refractivity contribution is 6.15. The first-order valence-corrected chi connectivity index (χ1v) is 10.5. The van der Waals surface area contributed by atoms with Crippen molar-refractivity contribution in [1.29, 1.82) is 0 Å². The quantitative estimate of drug-likeness (QED) is 0.590. The number of ether oxygens (including phenoxy) is 1. The first kappa shape index (κ1) is 20.3. The van der Waals surface area contributed by atoms with Crippen LogP contribution < -0.4 is 4.90 Å². The molecule has 2 aliphatic heterocycles. The third-order valence-corrected chi connectivity index (χ3v) is 5.73. The summed E-state index contributed by atoms with van der Waals surface area (Å²) < 4.78 is 18.6. The summed E-state index contributed by atoms with van der Waals surface area (Å²) in [6, 6.07) is 12.0. The lowest BCUT2D eigenvalue weighted by molar-refractivity contribution is 0.0746. The van der Waals surface area contributed by atoms with Crippen LogP contribution in [0.5, 0.6) is 0 Å². The fraction of sp³-hybridized carbons (Fsp3) is 0.250. The van der Waals surface area contributed by atoms with Crippen molar-refractivity contribution < 1.29 is 18.7 Å². The van der Waals surface area contributed by atoms with Gasteiger partial charge in [0, 0.05) is 42.5 Å². The number of halogens is 1. The number of carbonyl (C=O) groups excluding carboxylic acids is 2. The molecule has 1 amide bonds. The van der Waals surface area contributed by atoms with E-state index in [1.54, 1.807) is 35.4 Å². The topological polar surface area (TPSA) is 75.6 Å². The molecule has 0 spiro atoms. The standard InChI is InChI=1S/C24H21FN4O3/c25-18-7-5-16(6-8-18)22(30)19-3-1-2-4-20(19)23(31)29-14-17-13-26-24(27-21(17)15-29)28-9-11-32-12-10-28/h1-8,13H,9-12,14-15H2. The van der Waals surface area contributed by atoms with Crippen LogP contribution in [0, 0.1) is 5.82 Å². The molecule has 0 bridgehead atoms. The van der Waals surface area contributed by atoms with Gasteiger partial charge in [-0.25, -0.2) is 14.4 Å². The minimum atomic E-state index is -0.418. The number of rotatable bonds is 4. The van der Waals surface area contributed by atoms with E-state index in [0.717, 1.165) is 24.3 Å². The third-order valence-electron chi connectivity index (χ3n) is 5.73. The molecule has 0 unspecified atom stereocenters. The van der Waals surface area contributed by atoms with Crippen LogP contribution in [0.1, 0.15) is 37.5 Å². The zero-order valence-corrected chi connectivity index (χ0v) is 17.3. The maximum atomic E-state index is 13.4. The van der Waals surface area contributed by atoms with Crippen LogP contribution in [0.2, 0.25) is 0 Å². The van der Waals surface area contributed by atoms with Crippen molar-refractivity contribution in [2.75, 3.05) is 31.2 Å². The van der Waals surface area contributed by atoms with Gasteiger partial charge in [0.2, 0.25) is 5.95 Å². The molecule has 0 aliphatic carbocycles. The van der Waals surface area contributed by atoms with Gasteiger partial charge in [-0.15, -0.1) is 0 Å². The summed E-state index contributed by atoms with van der Waals surface area (Å²) in [7, 11) is 0. The molecule has 1 fully saturated rings. The lowest BCUT2D eigenvalue weighted by Gasteiger charge is -2.26. The van der Waals surface area contributed by atoms with Crippen LogP contribution in [-0.4, -0.2) is 52.9 Å². The van der Waals surface area contributed by atoms with Gasteiger partial charge in [0.1, 0.15) is 5.82 Å². The number of benzene rings is 2. The Morgan fingerprint density at radius 2 is 1.66 bits per heavy atom. The van der Waals surface area contributed by atoms with Crippen molar-refractivity contribution in [3.8, 4) is 0 Å². The number of nitrogens with zero attached hydrogens (tertiary/aromatic N) is 4. The fourth-order valence-electron chi connectivity index (χ4n) is 4.00. The van der Waals surface area contributed by atoms with E-state index in [0.29, 0.717) is 48.9 Å². The van der Waals surface area contributed by atoms with Gasteiger partial charge in [-0.1, -0.05) is 18.2 Å². The Morgan fingerprint density at radius 1 is 0.938 bits per heavy atom. The zero-order valence-electron chi connectivity index (χ0n) is 17.3. The maximum Gasteiger partial charge on any atom is 0.255 e. The van der Waals surface area contributed by atoms with Crippen molar-refractivity contribution in [3.05, 3.63) is 88.5 Å². The Morgan fingerprint density at radius 3 is 2.41 bits per heavy atom. The third kappa shape index (κ3) is 3.85. The first-order chi connectivity index (χ1) is 15.6. The summed E-state index contributed by atoms with van der Waals surface area (Å²) in [5.74, 6) is -0.339. The van der Waals surface area contributed by atoms with Crippen molar-refractivity contribution in [2.45, 2.75) is 13.1 Å². The molecule has 8 heteroatoms. The molecular formula is C24H21FN4O3. The predicted molar refractivity (Wildman–Crippen MR) is 115 cm³/mol. The van der Waals surface area contributed by atoms with Crippen LogP contribution in [0.15, 0.2) is 54.7 Å². The molecule has 0 saturated carbocycles. The second kappa shape index (κ2) is 8.47. The summed E-state index contributed by atoms with van der Waals surface area (Å²) in [5.41, 5.74) is 2.66. The van der Waals surface area contributed by atoms with Crippen molar-refractivity contribution in [1.82, 2.24) is 14.9 Å². The number of anilines is 1. The molecule has 3 aromatic rings. The largest absolute Gasteiger partial charge is 0.378 e. The number of ketones is 1. The number of hydrogen-bond donors (Lipinski definition) is 0. The number of carbonyl (C=O) groups is 2. The summed E-state index contributed by atoms with van der Waals surface area (Å²) in [6.45, 7) is 3.50. The van der Waals surface area contributed by atoms with E-state index in [9.17, 15) is 14.0 Å². The monoisotopic (exact) mass is 432 g/mol. The highest BCUT2D eigenvalue weighted by atomic mass is 19.1. The van der Waals surface area contributed by atoms with Crippen molar-refractivity contribution >= 4 is 17.6 Å². The van der Waals surface area contributed by atoms with E-state index in [1.165, 1.54) is 24.3 Å². The molecule has 0 atom stereocenters. The van der Waals surface area contributed by atoms with E-state index < -0.39 is 5.82 Å². The normalized spacial score (nSPS) is 15.5. The average Bonchev–Trinajstić information content (AvgIpc) is 3.28. The lowest BCUT2D eigenvalue weighted by atomic mass is 9.97. The zero-order chi connectivity index (χ0) is 22.1. The second-order valence-electron chi connectivity index (χ2n) is 7.78. The Balaban J connectivity index is 1.38. The van der Waals surface area contributed by atoms with Crippen LogP contribution in [0.3, 0.4) is 0 Å². The van der Waals surface area contributed by atoms with Gasteiger partial charge in [-0.3, -0.25) is 9.59 Å². The molecule has 162 valence electrons. The van der Waals surface area contributed by atoms with Crippen LogP contribution >= 0.6 is 0 Å². The van der Waals surface area contributed by atoms with E-state index in [1.807, 2.05) is 0 Å². The lowest BCUT2D eigenvalue weighted by Crippen LogP contribution is -2.37. The molecule has 2 aromatic carbocycles. The maximum absolute atomic E-state index is 13.4. The Bertz CT molecular complexity index is 1180. The number of hydrogen-bond acceptors (Lipinski definition) is 6. The highest BCUT2D eigenvalue weighted by Crippen LogP contribution is 2.26. The highest BCUT2D eigenvalue weighted by Gasteiger charge is 2.29. The second-order valence-corrected chi connectivity index (χ2v) is 7.78. The van der Waals surface area contributed by atoms with Gasteiger partial charge < -0.3 is 14.5 Å². The van der Waals surface area contributed by atoms with Crippen LogP contribution in [0.4, 0.5) is 10.3 Å². The summed E-state index contributed by atoms with van der Waals surface area (Å²) in [4.78, 5) is 39.2. The van der Waals surface area contributed by atoms with E-state index in [-0.39, 0.29) is 11.7 Å². The average molecular weight is 432 g/mol. The molecule has 5 rings (SSSR count). The summed E-state index contributed by atoms with van der Waals surface area (Å²) in [6.07, 6.45) is 1.77. The van der Waals surface area contributed by atoms with Gasteiger partial charge in [0.25, 0.3) is 5.91 Å². The minimum absolute atomic E-state index is 0.248. The van der Waals surface area contributed by atoms with Gasteiger partial charge in [0.15, 0.2) is 5.78 Å². The Labute approximate surface area is 184 Å². The van der Waals surface area contributed by atoms with Crippen LogP contribution in [0.25, 0.3) is 0 Å². The molecule has 0 N–H and O–H groups in total. The van der Waals surface area contributed by atoms with Crippen molar-refractivity contribution in [2.24, 2.45) is 0 Å². The molecule has 1 aromatic heterocycles. The van der Waals surface area contributed by atoms with Gasteiger partial charge in [-0.2, -0.15) is 0 Å². The SMILES string of the molecule is O=C(c1ccc(F)cc1)c1ccccc1C(=O)N1Cc2cnc(N3CCOCC3)nc2C1. The molecule has 1 saturated heterocycles. The van der Waals surface area contributed by atoms with E-state index in [2.05, 4.69) is 14.9 Å². The van der Waals surface area contributed by atoms with Gasteiger partial charge >= 0.3 is 0 Å². The number of aromatic nitrogens is 2. The molecule has 0 radical (unpaired) electrons. The van der Waals surface area contributed by atoms with Gasteiger partial charge in [-0.05, 0) is 30.3 Å². The van der Waals surface area contributed by atoms with Crippen LogP contribution in [-0.2, 0) is 17.8 Å². The fourth-order valence-corrected chi connectivity index (χ4v) is 4.00. The Kier molecular flexibility index (Phi) is 5.36. The van der Waals surface area contributed by atoms with E-state index in [4.69, 9.17) is 4.74 Å². The van der Waals surface area contributed by atoms with Gasteiger partial charge in [0.05, 0.1) is 31.0 Å². The number of morpholine rings is 1. The molecule has 7 nitrogen and oxygen atoms in total. The Hall–Kier alpha value is -3.65. The molecule has 32 heavy (non-hydrogen) atoms. The molecule has 2 aliphatic rings. The summed E-state index contributed by atoms with van der Waals surface area (Å²) >= 11 is 0. The summed E-state index contributed by atoms with van der Waals surface area (Å²) in [5, 5.41) is 0. The molecule has 3 heterocycles. The molecular weight excluding hydrogens is 411 g/mol. The number of amides is 1. The smallest absolute Gasteiger partial charge is 0.255 e.